The minimum Gasteiger partial charge on any atom is -0.472 e. The van der Waals surface area contributed by atoms with Gasteiger partial charge in [-0.25, -0.2) is 14.5 Å². The highest BCUT2D eigenvalue weighted by Gasteiger charge is 2.61. The van der Waals surface area contributed by atoms with Crippen LogP contribution in [0.15, 0.2) is 42.9 Å². The highest BCUT2D eigenvalue weighted by atomic mass is 16.5. The van der Waals surface area contributed by atoms with Crippen molar-refractivity contribution in [1.82, 2.24) is 24.0 Å². The molecule has 0 radical (unpaired) electrons. The van der Waals surface area contributed by atoms with E-state index in [4.69, 9.17) is 14.5 Å². The van der Waals surface area contributed by atoms with Crippen molar-refractivity contribution in [1.29, 1.82) is 0 Å². The van der Waals surface area contributed by atoms with Crippen LogP contribution in [-0.2, 0) is 10.2 Å². The van der Waals surface area contributed by atoms with Gasteiger partial charge in [0.05, 0.1) is 29.6 Å². The number of anilines is 1. The average molecular weight is 444 g/mol. The molecule has 9 nitrogen and oxygen atoms in total. The molecule has 6 heterocycles. The number of carbonyl (C=O) groups excluding carboxylic acids is 1. The van der Waals surface area contributed by atoms with E-state index in [2.05, 4.69) is 22.3 Å². The second-order valence-corrected chi connectivity index (χ2v) is 9.86. The van der Waals surface area contributed by atoms with Crippen LogP contribution in [-0.4, -0.2) is 48.2 Å². The fraction of sp³-hybridized carbons (Fsp3) is 0.417. The summed E-state index contributed by atoms with van der Waals surface area (Å²) in [6.07, 6.45) is 10.6. The van der Waals surface area contributed by atoms with Gasteiger partial charge in [-0.15, -0.1) is 0 Å². The molecule has 4 aliphatic rings. The number of hydrogen-bond acceptors (Lipinski definition) is 6. The predicted molar refractivity (Wildman–Crippen MR) is 120 cm³/mol. The number of pyridine rings is 1. The third-order valence-electron chi connectivity index (χ3n) is 7.30. The quantitative estimate of drug-likeness (QED) is 0.507. The van der Waals surface area contributed by atoms with Gasteiger partial charge in [0.2, 0.25) is 5.65 Å². The highest BCUT2D eigenvalue weighted by Crippen LogP contribution is 2.58. The highest BCUT2D eigenvalue weighted by molar-refractivity contribution is 6.02. The molecule has 1 amide bonds. The summed E-state index contributed by atoms with van der Waals surface area (Å²) in [7, 11) is 0. The van der Waals surface area contributed by atoms with Crippen molar-refractivity contribution in [2.24, 2.45) is 0 Å². The second kappa shape index (κ2) is 6.54. The third kappa shape index (κ3) is 2.88. The first-order valence-electron chi connectivity index (χ1n) is 11.5. The van der Waals surface area contributed by atoms with Crippen LogP contribution in [0.2, 0.25) is 0 Å². The van der Waals surface area contributed by atoms with Crippen LogP contribution in [0.1, 0.15) is 55.2 Å². The van der Waals surface area contributed by atoms with E-state index < -0.39 is 0 Å². The number of nitrogens with zero attached hydrogens (tertiary/aromatic N) is 5. The van der Waals surface area contributed by atoms with Crippen LogP contribution in [0, 0.1) is 0 Å². The van der Waals surface area contributed by atoms with E-state index in [1.54, 1.807) is 16.9 Å². The SMILES string of the molecule is CC12CC(c3cn4cc(C(=O)Nc5cccc6ccnn56)nc(OC5CCC5)c4n3)(CO1)C2. The maximum absolute atomic E-state index is 13.2. The number of hydrogen-bond donors (Lipinski definition) is 1. The fourth-order valence-electron chi connectivity index (χ4n) is 5.44. The average Bonchev–Trinajstić information content (AvgIpc) is 3.51. The summed E-state index contributed by atoms with van der Waals surface area (Å²) in [5.41, 5.74) is 2.72. The summed E-state index contributed by atoms with van der Waals surface area (Å²) < 4.78 is 15.7. The van der Waals surface area contributed by atoms with Crippen LogP contribution >= 0.6 is 0 Å². The zero-order valence-corrected chi connectivity index (χ0v) is 18.3. The number of imidazole rings is 1. The number of amides is 1. The molecule has 0 atom stereocenters. The summed E-state index contributed by atoms with van der Waals surface area (Å²) in [4.78, 5) is 22.7. The molecule has 4 aromatic heterocycles. The lowest BCUT2D eigenvalue weighted by molar-refractivity contribution is 0.0154. The third-order valence-corrected chi connectivity index (χ3v) is 7.30. The molecule has 2 saturated heterocycles. The maximum atomic E-state index is 13.2. The van der Waals surface area contributed by atoms with Crippen LogP contribution < -0.4 is 10.1 Å². The van der Waals surface area contributed by atoms with Crippen molar-refractivity contribution in [2.75, 3.05) is 11.9 Å². The molecular weight excluding hydrogens is 420 g/mol. The minimum atomic E-state index is -0.327. The van der Waals surface area contributed by atoms with E-state index in [0.29, 0.717) is 24.0 Å². The Hall–Kier alpha value is -3.46. The van der Waals surface area contributed by atoms with E-state index in [1.807, 2.05) is 34.9 Å². The normalized spacial score (nSPS) is 26.3. The fourth-order valence-corrected chi connectivity index (χ4v) is 5.44. The molecule has 0 spiro atoms. The molecule has 4 fully saturated rings. The molecule has 4 aromatic rings. The predicted octanol–water partition coefficient (Wildman–Crippen LogP) is 3.38. The molecule has 0 unspecified atom stereocenters. The van der Waals surface area contributed by atoms with Crippen molar-refractivity contribution >= 4 is 22.9 Å². The molecular formula is C24H24N6O3. The molecule has 8 rings (SSSR count). The molecule has 33 heavy (non-hydrogen) atoms. The van der Waals surface area contributed by atoms with Crippen LogP contribution in [0.4, 0.5) is 5.82 Å². The first-order valence-corrected chi connectivity index (χ1v) is 11.5. The number of carbonyl (C=O) groups is 1. The number of nitrogens with one attached hydrogen (secondary N) is 1. The number of rotatable bonds is 5. The van der Waals surface area contributed by atoms with Gasteiger partial charge in [0, 0.05) is 17.8 Å². The van der Waals surface area contributed by atoms with E-state index >= 15 is 0 Å². The number of fused-ring (bicyclic) bond motifs is 3. The molecule has 2 bridgehead atoms. The van der Waals surface area contributed by atoms with Crippen molar-refractivity contribution in [3.8, 4) is 5.88 Å². The Labute approximate surface area is 189 Å². The Morgan fingerprint density at radius 1 is 1.21 bits per heavy atom. The number of aromatic nitrogens is 5. The van der Waals surface area contributed by atoms with E-state index in [1.165, 1.54) is 0 Å². The Kier molecular flexibility index (Phi) is 3.77. The van der Waals surface area contributed by atoms with Gasteiger partial charge in [-0.1, -0.05) is 6.07 Å². The second-order valence-electron chi connectivity index (χ2n) is 9.86. The molecule has 2 aliphatic carbocycles. The number of ether oxygens (including phenoxy) is 2. The molecule has 2 aliphatic heterocycles. The Morgan fingerprint density at radius 3 is 2.85 bits per heavy atom. The minimum absolute atomic E-state index is 0.0299. The van der Waals surface area contributed by atoms with Crippen molar-refractivity contribution in [2.45, 2.75) is 56.1 Å². The summed E-state index contributed by atoms with van der Waals surface area (Å²) in [6.45, 7) is 2.84. The van der Waals surface area contributed by atoms with Crippen LogP contribution in [0.25, 0.3) is 11.2 Å². The van der Waals surface area contributed by atoms with Crippen molar-refractivity contribution in [3.63, 3.8) is 0 Å². The van der Waals surface area contributed by atoms with Crippen LogP contribution in [0.5, 0.6) is 5.88 Å². The van der Waals surface area contributed by atoms with Crippen molar-refractivity contribution < 1.29 is 14.3 Å². The summed E-state index contributed by atoms with van der Waals surface area (Å²) >= 11 is 0. The topological polar surface area (TPSA) is 95.1 Å². The molecule has 2 saturated carbocycles. The molecule has 168 valence electrons. The zero-order valence-electron chi connectivity index (χ0n) is 18.3. The standard InChI is InChI=1S/C24H24N6O3/c1-23-12-24(13-23,14-32-23)18-11-29-10-17(26-22(20(29)27-18)33-16-5-3-6-16)21(31)28-19-7-2-4-15-8-9-25-30(15)19/h2,4,7-11,16H,3,5-6,12-14H2,1H3,(H,28,31). The maximum Gasteiger partial charge on any atom is 0.277 e. The van der Waals surface area contributed by atoms with Gasteiger partial charge in [-0.05, 0) is 57.2 Å². The first kappa shape index (κ1) is 19.0. The van der Waals surface area contributed by atoms with Gasteiger partial charge in [0.25, 0.3) is 11.8 Å². The lowest BCUT2D eigenvalue weighted by atomic mass is 9.62. The lowest BCUT2D eigenvalue weighted by Crippen LogP contribution is -2.45. The van der Waals surface area contributed by atoms with Gasteiger partial charge in [-0.2, -0.15) is 5.10 Å². The molecule has 1 N–H and O–H groups in total. The monoisotopic (exact) mass is 444 g/mol. The Morgan fingerprint density at radius 2 is 2.09 bits per heavy atom. The zero-order chi connectivity index (χ0) is 22.2. The van der Waals surface area contributed by atoms with Gasteiger partial charge in [0.1, 0.15) is 17.6 Å². The summed E-state index contributed by atoms with van der Waals surface area (Å²) in [5.74, 6) is 0.661. The smallest absolute Gasteiger partial charge is 0.277 e. The van der Waals surface area contributed by atoms with E-state index in [9.17, 15) is 4.79 Å². The Bertz CT molecular complexity index is 1410. The molecule has 0 aromatic carbocycles. The van der Waals surface area contributed by atoms with Gasteiger partial charge >= 0.3 is 0 Å². The van der Waals surface area contributed by atoms with Gasteiger partial charge < -0.3 is 14.8 Å². The van der Waals surface area contributed by atoms with Crippen LogP contribution in [0.3, 0.4) is 0 Å². The van der Waals surface area contributed by atoms with Crippen molar-refractivity contribution in [3.05, 3.63) is 54.2 Å². The van der Waals surface area contributed by atoms with Gasteiger partial charge in [-0.3, -0.25) is 9.20 Å². The molecule has 9 heteroatoms. The van der Waals surface area contributed by atoms with E-state index in [-0.39, 0.29) is 28.7 Å². The first-order chi connectivity index (χ1) is 16.0. The van der Waals surface area contributed by atoms with E-state index in [0.717, 1.165) is 43.3 Å². The summed E-state index contributed by atoms with van der Waals surface area (Å²) in [6, 6.07) is 7.51. The lowest BCUT2D eigenvalue weighted by Gasteiger charge is -2.41. The van der Waals surface area contributed by atoms with Gasteiger partial charge in [0.15, 0.2) is 0 Å². The summed E-state index contributed by atoms with van der Waals surface area (Å²) in [5, 5.41) is 7.22. The largest absolute Gasteiger partial charge is 0.472 e. The Balaban J connectivity index is 1.27.